The van der Waals surface area contributed by atoms with Crippen molar-refractivity contribution in [2.75, 3.05) is 5.73 Å². The van der Waals surface area contributed by atoms with E-state index in [4.69, 9.17) is 10.5 Å². The lowest BCUT2D eigenvalue weighted by Gasteiger charge is -2.05. The minimum Gasteiger partial charge on any atom is -0.437 e. The molecule has 0 saturated carbocycles. The van der Waals surface area contributed by atoms with E-state index < -0.39 is 0 Å². The van der Waals surface area contributed by atoms with Gasteiger partial charge in [0.25, 0.3) is 0 Å². The van der Waals surface area contributed by atoms with E-state index in [1.807, 2.05) is 32.2 Å². The molecule has 98 valence electrons. The molecule has 0 aliphatic carbocycles. The Labute approximate surface area is 111 Å². The zero-order chi connectivity index (χ0) is 13.7. The fraction of sp³-hybridized carbons (Fsp3) is 0.143. The van der Waals surface area contributed by atoms with Crippen LogP contribution in [0.25, 0.3) is 5.52 Å². The molecule has 2 aromatic heterocycles. The fourth-order valence-electron chi connectivity index (χ4n) is 1.57. The molecule has 3 rings (SSSR count). The molecule has 5 heteroatoms. The Morgan fingerprint density at radius 3 is 2.58 bits per heavy atom. The first-order valence-corrected chi connectivity index (χ1v) is 6.15. The van der Waals surface area contributed by atoms with E-state index in [0.717, 1.165) is 5.52 Å². The SMILES string of the molecule is CC.Nc1ccc(Oc2ncnn3cccc23)cc1. The minimum atomic E-state index is 0.523. The number of nitrogens with two attached hydrogens (primary N) is 1. The van der Waals surface area contributed by atoms with Gasteiger partial charge in [0.05, 0.1) is 0 Å². The molecule has 0 unspecified atom stereocenters. The van der Waals surface area contributed by atoms with Crippen LogP contribution in [0, 0.1) is 0 Å². The Kier molecular flexibility index (Phi) is 3.97. The van der Waals surface area contributed by atoms with Gasteiger partial charge in [-0.15, -0.1) is 0 Å². The highest BCUT2D eigenvalue weighted by Gasteiger charge is 2.05. The van der Waals surface area contributed by atoms with Crippen molar-refractivity contribution in [1.29, 1.82) is 0 Å². The molecule has 1 aromatic carbocycles. The number of fused-ring (bicyclic) bond motifs is 1. The van der Waals surface area contributed by atoms with Gasteiger partial charge in [-0.25, -0.2) is 4.52 Å². The largest absolute Gasteiger partial charge is 0.437 e. The number of hydrogen-bond donors (Lipinski definition) is 1. The predicted molar refractivity (Wildman–Crippen MR) is 75.3 cm³/mol. The average Bonchev–Trinajstić information content (AvgIpc) is 2.93. The summed E-state index contributed by atoms with van der Waals surface area (Å²) in [6.07, 6.45) is 3.30. The maximum atomic E-state index is 5.68. The van der Waals surface area contributed by atoms with Gasteiger partial charge < -0.3 is 10.5 Å². The highest BCUT2D eigenvalue weighted by molar-refractivity contribution is 5.56. The Bertz CT molecular complexity index is 646. The number of nitrogens with zero attached hydrogens (tertiary/aromatic N) is 3. The maximum Gasteiger partial charge on any atom is 0.247 e. The van der Waals surface area contributed by atoms with Crippen LogP contribution in [0.4, 0.5) is 5.69 Å². The molecule has 5 nitrogen and oxygen atoms in total. The van der Waals surface area contributed by atoms with Gasteiger partial charge in [0.2, 0.25) is 5.88 Å². The Hall–Kier alpha value is -2.56. The van der Waals surface area contributed by atoms with Crippen molar-refractivity contribution in [2.45, 2.75) is 13.8 Å². The first kappa shape index (κ1) is 12.9. The molecule has 0 bridgehead atoms. The predicted octanol–water partition coefficient (Wildman–Crippen LogP) is 3.13. The molecular weight excluding hydrogens is 240 g/mol. The number of aromatic nitrogens is 3. The summed E-state index contributed by atoms with van der Waals surface area (Å²) in [7, 11) is 0. The lowest BCUT2D eigenvalue weighted by atomic mass is 10.3. The van der Waals surface area contributed by atoms with E-state index in [2.05, 4.69) is 10.1 Å². The fourth-order valence-corrected chi connectivity index (χ4v) is 1.57. The monoisotopic (exact) mass is 256 g/mol. The number of anilines is 1. The Balaban J connectivity index is 0.000000637. The van der Waals surface area contributed by atoms with E-state index >= 15 is 0 Å². The first-order chi connectivity index (χ1) is 9.33. The van der Waals surface area contributed by atoms with Crippen LogP contribution in [0.15, 0.2) is 48.9 Å². The first-order valence-electron chi connectivity index (χ1n) is 6.15. The van der Waals surface area contributed by atoms with Crippen molar-refractivity contribution < 1.29 is 4.74 Å². The third-order valence-corrected chi connectivity index (χ3v) is 2.39. The Morgan fingerprint density at radius 1 is 1.11 bits per heavy atom. The van der Waals surface area contributed by atoms with E-state index in [9.17, 15) is 0 Å². The quantitative estimate of drug-likeness (QED) is 0.715. The molecule has 2 heterocycles. The molecule has 0 amide bonds. The Morgan fingerprint density at radius 2 is 1.84 bits per heavy atom. The van der Waals surface area contributed by atoms with Gasteiger partial charge in [-0.1, -0.05) is 13.8 Å². The summed E-state index contributed by atoms with van der Waals surface area (Å²) in [5, 5.41) is 4.06. The normalized spacial score (nSPS) is 9.79. The highest BCUT2D eigenvalue weighted by Crippen LogP contribution is 2.23. The summed E-state index contributed by atoms with van der Waals surface area (Å²) in [5.41, 5.74) is 7.13. The van der Waals surface area contributed by atoms with E-state index in [1.165, 1.54) is 6.33 Å². The minimum absolute atomic E-state index is 0.523. The molecule has 0 saturated heterocycles. The molecular formula is C14H16N4O. The summed E-state index contributed by atoms with van der Waals surface area (Å²) >= 11 is 0. The van der Waals surface area contributed by atoms with Gasteiger partial charge in [0.15, 0.2) is 0 Å². The van der Waals surface area contributed by atoms with Gasteiger partial charge in [0.1, 0.15) is 17.6 Å². The van der Waals surface area contributed by atoms with Crippen molar-refractivity contribution in [2.24, 2.45) is 0 Å². The number of nitrogen functional groups attached to an aromatic ring is 1. The highest BCUT2D eigenvalue weighted by atomic mass is 16.5. The van der Waals surface area contributed by atoms with Crippen LogP contribution in [-0.4, -0.2) is 14.6 Å². The second-order valence-corrected chi connectivity index (χ2v) is 3.57. The number of rotatable bonds is 2. The van der Waals surface area contributed by atoms with Crippen LogP contribution in [0.3, 0.4) is 0 Å². The van der Waals surface area contributed by atoms with Crippen molar-refractivity contribution in [3.63, 3.8) is 0 Å². The molecule has 2 N–H and O–H groups in total. The molecule has 0 aliphatic heterocycles. The van der Waals surface area contributed by atoms with Crippen LogP contribution < -0.4 is 10.5 Å². The zero-order valence-electron chi connectivity index (χ0n) is 10.9. The number of benzene rings is 1. The van der Waals surface area contributed by atoms with Crippen molar-refractivity contribution in [3.05, 3.63) is 48.9 Å². The summed E-state index contributed by atoms with van der Waals surface area (Å²) in [6.45, 7) is 4.00. The number of hydrogen-bond acceptors (Lipinski definition) is 4. The topological polar surface area (TPSA) is 65.4 Å². The lowest BCUT2D eigenvalue weighted by Crippen LogP contribution is -1.95. The van der Waals surface area contributed by atoms with Crippen LogP contribution in [-0.2, 0) is 0 Å². The molecule has 0 aliphatic rings. The van der Waals surface area contributed by atoms with Crippen molar-refractivity contribution >= 4 is 11.2 Å². The van der Waals surface area contributed by atoms with Gasteiger partial charge in [-0.05, 0) is 36.4 Å². The third-order valence-electron chi connectivity index (χ3n) is 2.39. The van der Waals surface area contributed by atoms with Crippen molar-refractivity contribution in [1.82, 2.24) is 14.6 Å². The smallest absolute Gasteiger partial charge is 0.247 e. The summed E-state index contributed by atoms with van der Waals surface area (Å²) in [5.74, 6) is 1.22. The summed E-state index contributed by atoms with van der Waals surface area (Å²) in [6, 6.07) is 11.0. The lowest BCUT2D eigenvalue weighted by molar-refractivity contribution is 0.463. The number of ether oxygens (including phenoxy) is 1. The van der Waals surface area contributed by atoms with Gasteiger partial charge >= 0.3 is 0 Å². The second-order valence-electron chi connectivity index (χ2n) is 3.57. The molecule has 0 radical (unpaired) electrons. The maximum absolute atomic E-state index is 5.68. The average molecular weight is 256 g/mol. The summed E-state index contributed by atoms with van der Waals surface area (Å²) in [4.78, 5) is 4.11. The van der Waals surface area contributed by atoms with Crippen LogP contribution in [0.5, 0.6) is 11.6 Å². The summed E-state index contributed by atoms with van der Waals surface area (Å²) < 4.78 is 7.39. The van der Waals surface area contributed by atoms with Crippen molar-refractivity contribution in [3.8, 4) is 11.6 Å². The van der Waals surface area contributed by atoms with Crippen LogP contribution in [0.2, 0.25) is 0 Å². The second kappa shape index (κ2) is 5.86. The molecule has 3 aromatic rings. The van der Waals surface area contributed by atoms with Gasteiger partial charge in [-0.2, -0.15) is 10.1 Å². The van der Waals surface area contributed by atoms with Crippen LogP contribution in [0.1, 0.15) is 13.8 Å². The zero-order valence-corrected chi connectivity index (χ0v) is 10.9. The van der Waals surface area contributed by atoms with Gasteiger partial charge in [0, 0.05) is 11.9 Å². The van der Waals surface area contributed by atoms with Gasteiger partial charge in [-0.3, -0.25) is 0 Å². The molecule has 0 spiro atoms. The third kappa shape index (κ3) is 2.82. The molecule has 0 fully saturated rings. The molecule has 0 atom stereocenters. The standard InChI is InChI=1S/C12H10N4O.C2H6/c13-9-3-5-10(6-4-9)17-12-11-2-1-7-16(11)15-8-14-12;1-2/h1-8H,13H2;1-2H3. The van der Waals surface area contributed by atoms with Crippen LogP contribution >= 0.6 is 0 Å². The van der Waals surface area contributed by atoms with E-state index in [-0.39, 0.29) is 0 Å². The van der Waals surface area contributed by atoms with E-state index in [1.54, 1.807) is 28.8 Å². The molecule has 19 heavy (non-hydrogen) atoms. The van der Waals surface area contributed by atoms with E-state index in [0.29, 0.717) is 17.3 Å².